The fourth-order valence-corrected chi connectivity index (χ4v) is 1.54. The average Bonchev–Trinajstić information content (AvgIpc) is 2.13. The zero-order valence-electron chi connectivity index (χ0n) is 8.63. The van der Waals surface area contributed by atoms with Crippen LogP contribution in [0.15, 0.2) is 18.2 Å². The molecule has 1 aromatic carbocycles. The van der Waals surface area contributed by atoms with Gasteiger partial charge < -0.3 is 15.4 Å². The van der Waals surface area contributed by atoms with Crippen molar-refractivity contribution in [1.82, 2.24) is 5.32 Å². The summed E-state index contributed by atoms with van der Waals surface area (Å²) < 4.78 is 5.16. The largest absolute Gasteiger partial charge is 0.497 e. The standard InChI is InChI=1S/C11H16N2O/c1-8-5-10(14-2)3-4-11(8)13-9-6-12-7-9/h3-5,9,12-13H,6-7H2,1-2H3. The number of rotatable bonds is 3. The van der Waals surface area contributed by atoms with Gasteiger partial charge >= 0.3 is 0 Å². The lowest BCUT2D eigenvalue weighted by Crippen LogP contribution is -2.51. The molecule has 0 spiro atoms. The number of anilines is 1. The Kier molecular flexibility index (Phi) is 2.59. The second kappa shape index (κ2) is 3.88. The molecule has 0 bridgehead atoms. The summed E-state index contributed by atoms with van der Waals surface area (Å²) in [6, 6.07) is 6.70. The predicted molar refractivity (Wildman–Crippen MR) is 58.0 cm³/mol. The molecule has 76 valence electrons. The van der Waals surface area contributed by atoms with E-state index in [0.29, 0.717) is 6.04 Å². The molecule has 3 heteroatoms. The third-order valence-corrected chi connectivity index (χ3v) is 2.57. The Hall–Kier alpha value is -1.22. The molecule has 0 atom stereocenters. The molecule has 3 nitrogen and oxygen atoms in total. The molecule has 2 N–H and O–H groups in total. The van der Waals surface area contributed by atoms with E-state index >= 15 is 0 Å². The minimum absolute atomic E-state index is 0.585. The summed E-state index contributed by atoms with van der Waals surface area (Å²) in [5.74, 6) is 0.916. The highest BCUT2D eigenvalue weighted by atomic mass is 16.5. The van der Waals surface area contributed by atoms with E-state index in [-0.39, 0.29) is 0 Å². The number of ether oxygens (including phenoxy) is 1. The van der Waals surface area contributed by atoms with Crippen molar-refractivity contribution in [3.8, 4) is 5.75 Å². The summed E-state index contributed by atoms with van der Waals surface area (Å²) in [5, 5.41) is 6.72. The van der Waals surface area contributed by atoms with Crippen LogP contribution in [-0.4, -0.2) is 26.2 Å². The molecule has 0 aliphatic carbocycles. The molecular weight excluding hydrogens is 176 g/mol. The van der Waals surface area contributed by atoms with Crippen molar-refractivity contribution in [1.29, 1.82) is 0 Å². The highest BCUT2D eigenvalue weighted by molar-refractivity contribution is 5.54. The fraction of sp³-hybridized carbons (Fsp3) is 0.455. The predicted octanol–water partition coefficient (Wildman–Crippen LogP) is 1.39. The van der Waals surface area contributed by atoms with Crippen LogP contribution >= 0.6 is 0 Å². The van der Waals surface area contributed by atoms with Crippen LogP contribution in [0, 0.1) is 6.92 Å². The van der Waals surface area contributed by atoms with Gasteiger partial charge in [-0.1, -0.05) is 0 Å². The molecule has 0 radical (unpaired) electrons. The van der Waals surface area contributed by atoms with Gasteiger partial charge in [0.15, 0.2) is 0 Å². The van der Waals surface area contributed by atoms with Gasteiger partial charge in [0.25, 0.3) is 0 Å². The minimum Gasteiger partial charge on any atom is -0.497 e. The first-order valence-corrected chi connectivity index (χ1v) is 4.91. The second-order valence-electron chi connectivity index (χ2n) is 3.68. The number of hydrogen-bond donors (Lipinski definition) is 2. The van der Waals surface area contributed by atoms with E-state index in [1.165, 1.54) is 11.3 Å². The van der Waals surface area contributed by atoms with E-state index in [0.717, 1.165) is 18.8 Å². The van der Waals surface area contributed by atoms with Gasteiger partial charge in [-0.2, -0.15) is 0 Å². The Bertz CT molecular complexity index is 321. The normalized spacial score (nSPS) is 16.1. The average molecular weight is 192 g/mol. The second-order valence-corrected chi connectivity index (χ2v) is 3.68. The lowest BCUT2D eigenvalue weighted by Gasteiger charge is -2.29. The Balaban J connectivity index is 2.09. The van der Waals surface area contributed by atoms with Crippen molar-refractivity contribution >= 4 is 5.69 Å². The van der Waals surface area contributed by atoms with Crippen LogP contribution in [0.4, 0.5) is 5.69 Å². The van der Waals surface area contributed by atoms with E-state index in [1.54, 1.807) is 7.11 Å². The number of methoxy groups -OCH3 is 1. The molecule has 1 aliphatic heterocycles. The Morgan fingerprint density at radius 3 is 2.71 bits per heavy atom. The molecule has 1 saturated heterocycles. The van der Waals surface area contributed by atoms with Crippen LogP contribution in [0.3, 0.4) is 0 Å². The lowest BCUT2D eigenvalue weighted by molar-refractivity contribution is 0.414. The van der Waals surface area contributed by atoms with Gasteiger partial charge in [-0.15, -0.1) is 0 Å². The van der Waals surface area contributed by atoms with Gasteiger partial charge in [-0.25, -0.2) is 0 Å². The van der Waals surface area contributed by atoms with Gasteiger partial charge in [0, 0.05) is 18.8 Å². The molecule has 1 aliphatic rings. The van der Waals surface area contributed by atoms with E-state index in [2.05, 4.69) is 29.7 Å². The van der Waals surface area contributed by atoms with E-state index in [1.807, 2.05) is 6.07 Å². The third kappa shape index (κ3) is 1.82. The lowest BCUT2D eigenvalue weighted by atomic mass is 10.1. The fourth-order valence-electron chi connectivity index (χ4n) is 1.54. The van der Waals surface area contributed by atoms with Crippen LogP contribution < -0.4 is 15.4 Å². The van der Waals surface area contributed by atoms with Crippen molar-refractivity contribution in [2.45, 2.75) is 13.0 Å². The summed E-state index contributed by atoms with van der Waals surface area (Å²) in [7, 11) is 1.69. The number of aryl methyl sites for hydroxylation is 1. The first-order valence-electron chi connectivity index (χ1n) is 4.91. The van der Waals surface area contributed by atoms with Crippen LogP contribution in [0.1, 0.15) is 5.56 Å². The number of benzene rings is 1. The zero-order chi connectivity index (χ0) is 9.97. The molecule has 1 heterocycles. The molecule has 2 rings (SSSR count). The van der Waals surface area contributed by atoms with Crippen molar-refractivity contribution in [2.75, 3.05) is 25.5 Å². The van der Waals surface area contributed by atoms with Crippen molar-refractivity contribution in [2.24, 2.45) is 0 Å². The highest BCUT2D eigenvalue weighted by Crippen LogP contribution is 2.21. The SMILES string of the molecule is COc1ccc(NC2CNC2)c(C)c1. The Morgan fingerprint density at radius 2 is 2.21 bits per heavy atom. The van der Waals surface area contributed by atoms with Gasteiger partial charge in [0.05, 0.1) is 13.2 Å². The van der Waals surface area contributed by atoms with Gasteiger partial charge in [-0.05, 0) is 30.7 Å². The van der Waals surface area contributed by atoms with Crippen LogP contribution in [-0.2, 0) is 0 Å². The molecule has 0 unspecified atom stereocenters. The van der Waals surface area contributed by atoms with Gasteiger partial charge in [0.2, 0.25) is 0 Å². The zero-order valence-corrected chi connectivity index (χ0v) is 8.63. The summed E-state index contributed by atoms with van der Waals surface area (Å²) >= 11 is 0. The topological polar surface area (TPSA) is 33.3 Å². The first-order chi connectivity index (χ1) is 6.79. The molecular formula is C11H16N2O. The maximum Gasteiger partial charge on any atom is 0.119 e. The van der Waals surface area contributed by atoms with Gasteiger partial charge in [-0.3, -0.25) is 0 Å². The third-order valence-electron chi connectivity index (χ3n) is 2.57. The van der Waals surface area contributed by atoms with Crippen LogP contribution in [0.2, 0.25) is 0 Å². The quantitative estimate of drug-likeness (QED) is 0.759. The molecule has 0 amide bonds. The molecule has 14 heavy (non-hydrogen) atoms. The first kappa shape index (κ1) is 9.34. The Morgan fingerprint density at radius 1 is 1.43 bits per heavy atom. The number of hydrogen-bond acceptors (Lipinski definition) is 3. The minimum atomic E-state index is 0.585. The smallest absolute Gasteiger partial charge is 0.119 e. The summed E-state index contributed by atoms with van der Waals surface area (Å²) in [6.07, 6.45) is 0. The van der Waals surface area contributed by atoms with Crippen molar-refractivity contribution in [3.05, 3.63) is 23.8 Å². The van der Waals surface area contributed by atoms with Crippen molar-refractivity contribution < 1.29 is 4.74 Å². The molecule has 1 aromatic rings. The monoisotopic (exact) mass is 192 g/mol. The van der Waals surface area contributed by atoms with Crippen LogP contribution in [0.5, 0.6) is 5.75 Å². The van der Waals surface area contributed by atoms with Gasteiger partial charge in [0.1, 0.15) is 5.75 Å². The van der Waals surface area contributed by atoms with E-state index in [4.69, 9.17) is 4.74 Å². The van der Waals surface area contributed by atoms with Crippen molar-refractivity contribution in [3.63, 3.8) is 0 Å². The molecule has 0 aromatic heterocycles. The highest BCUT2D eigenvalue weighted by Gasteiger charge is 2.16. The summed E-state index contributed by atoms with van der Waals surface area (Å²) in [4.78, 5) is 0. The summed E-state index contributed by atoms with van der Waals surface area (Å²) in [5.41, 5.74) is 2.44. The molecule has 0 saturated carbocycles. The maximum absolute atomic E-state index is 5.16. The molecule has 1 fully saturated rings. The Labute approximate surface area is 84.5 Å². The summed E-state index contributed by atoms with van der Waals surface area (Å²) in [6.45, 7) is 4.22. The van der Waals surface area contributed by atoms with E-state index in [9.17, 15) is 0 Å². The maximum atomic E-state index is 5.16. The number of nitrogens with one attached hydrogen (secondary N) is 2. The van der Waals surface area contributed by atoms with E-state index < -0.39 is 0 Å². The van der Waals surface area contributed by atoms with Crippen LogP contribution in [0.25, 0.3) is 0 Å².